The number of rotatable bonds is 3. The molecule has 2 heterocycles. The highest BCUT2D eigenvalue weighted by atomic mass is 32.1. The van der Waals surface area contributed by atoms with Crippen LogP contribution in [0.2, 0.25) is 0 Å². The fraction of sp³-hybridized carbons (Fsp3) is 0.0476. The Bertz CT molecular complexity index is 1120. The van der Waals surface area contributed by atoms with E-state index in [2.05, 4.69) is 16.4 Å². The lowest BCUT2D eigenvalue weighted by Gasteiger charge is -2.08. The number of nitrogens with zero attached hydrogens (tertiary/aromatic N) is 1. The molecule has 27 heavy (non-hydrogen) atoms. The molecule has 132 valence electrons. The average molecular weight is 374 g/mol. The Labute approximate surface area is 159 Å². The number of carbonyl (C=O) groups excluding carboxylic acids is 1. The van der Waals surface area contributed by atoms with E-state index in [1.54, 1.807) is 29.5 Å². The first-order chi connectivity index (χ1) is 13.3. The minimum atomic E-state index is -0.231. The second-order valence-corrected chi connectivity index (χ2v) is 7.09. The van der Waals surface area contributed by atoms with Gasteiger partial charge in [-0.15, -0.1) is 11.3 Å². The molecule has 0 fully saturated rings. The molecule has 1 aliphatic heterocycles. The highest BCUT2D eigenvalue weighted by molar-refractivity contribution is 7.21. The van der Waals surface area contributed by atoms with Gasteiger partial charge in [-0.05, 0) is 48.5 Å². The summed E-state index contributed by atoms with van der Waals surface area (Å²) in [6, 6.07) is 21.0. The van der Waals surface area contributed by atoms with Gasteiger partial charge in [0.15, 0.2) is 11.5 Å². The zero-order chi connectivity index (χ0) is 18.2. The summed E-state index contributed by atoms with van der Waals surface area (Å²) in [6.07, 6.45) is 0. The Morgan fingerprint density at radius 2 is 1.81 bits per heavy atom. The lowest BCUT2D eigenvalue weighted by molar-refractivity contribution is 0.102. The molecule has 0 aliphatic carbocycles. The maximum absolute atomic E-state index is 12.6. The minimum absolute atomic E-state index is 0.135. The van der Waals surface area contributed by atoms with Crippen LogP contribution in [0.25, 0.3) is 20.8 Å². The number of para-hydroxylation sites is 2. The molecule has 1 aromatic heterocycles. The van der Waals surface area contributed by atoms with Gasteiger partial charge in [-0.1, -0.05) is 18.2 Å². The van der Waals surface area contributed by atoms with Crippen LogP contribution in [0, 0.1) is 0 Å². The molecule has 1 amide bonds. The predicted octanol–water partition coefficient (Wildman–Crippen LogP) is 4.94. The summed E-state index contributed by atoms with van der Waals surface area (Å²) in [7, 11) is 0. The number of hydrogen-bond donors (Lipinski definition) is 1. The molecule has 6 heteroatoms. The molecular formula is C21H14N2O3S. The normalized spacial score (nSPS) is 12.3. The van der Waals surface area contributed by atoms with E-state index in [4.69, 9.17) is 9.47 Å². The molecule has 0 spiro atoms. The molecule has 5 rings (SSSR count). The number of thiazole rings is 1. The van der Waals surface area contributed by atoms with Crippen molar-refractivity contribution in [1.29, 1.82) is 0 Å². The van der Waals surface area contributed by atoms with Gasteiger partial charge in [0.1, 0.15) is 5.01 Å². The summed E-state index contributed by atoms with van der Waals surface area (Å²) in [5.41, 5.74) is 3.18. The molecule has 0 saturated carbocycles. The van der Waals surface area contributed by atoms with Gasteiger partial charge in [0, 0.05) is 11.3 Å². The Kier molecular flexibility index (Phi) is 3.76. The largest absolute Gasteiger partial charge is 0.454 e. The third-order valence-electron chi connectivity index (χ3n) is 4.32. The van der Waals surface area contributed by atoms with Crippen molar-refractivity contribution in [2.24, 2.45) is 0 Å². The Morgan fingerprint density at radius 1 is 0.963 bits per heavy atom. The fourth-order valence-electron chi connectivity index (χ4n) is 3.00. The summed E-state index contributed by atoms with van der Waals surface area (Å²) in [5.74, 6) is 0.847. The standard InChI is InChI=1S/C21H14N2O3S/c24-20(15-4-3-6-17-19(15)26-12-25-17)22-14-10-8-13(9-11-14)21-23-16-5-1-2-7-18(16)27-21/h1-11H,12H2,(H,22,24). The number of benzene rings is 3. The number of aromatic nitrogens is 1. The second kappa shape index (κ2) is 6.41. The van der Waals surface area contributed by atoms with Crippen molar-refractivity contribution in [3.05, 3.63) is 72.3 Å². The molecule has 0 atom stereocenters. The molecular weight excluding hydrogens is 360 g/mol. The quantitative estimate of drug-likeness (QED) is 0.551. The number of fused-ring (bicyclic) bond motifs is 2. The van der Waals surface area contributed by atoms with Crippen LogP contribution in [0.5, 0.6) is 11.5 Å². The zero-order valence-electron chi connectivity index (χ0n) is 14.1. The fourth-order valence-corrected chi connectivity index (χ4v) is 3.97. The second-order valence-electron chi connectivity index (χ2n) is 6.06. The minimum Gasteiger partial charge on any atom is -0.454 e. The molecule has 5 nitrogen and oxygen atoms in total. The maximum atomic E-state index is 12.6. The van der Waals surface area contributed by atoms with Gasteiger partial charge >= 0.3 is 0 Å². The first-order valence-electron chi connectivity index (χ1n) is 8.44. The highest BCUT2D eigenvalue weighted by Crippen LogP contribution is 2.36. The van der Waals surface area contributed by atoms with Gasteiger partial charge in [-0.2, -0.15) is 0 Å². The summed E-state index contributed by atoms with van der Waals surface area (Å²) in [4.78, 5) is 17.3. The van der Waals surface area contributed by atoms with Crippen molar-refractivity contribution < 1.29 is 14.3 Å². The van der Waals surface area contributed by atoms with Crippen LogP contribution in [0.4, 0.5) is 5.69 Å². The first-order valence-corrected chi connectivity index (χ1v) is 9.25. The monoisotopic (exact) mass is 374 g/mol. The van der Waals surface area contributed by atoms with Crippen LogP contribution in [-0.2, 0) is 0 Å². The van der Waals surface area contributed by atoms with Crippen LogP contribution in [0.3, 0.4) is 0 Å². The molecule has 1 aliphatic rings. The predicted molar refractivity (Wildman–Crippen MR) is 106 cm³/mol. The van der Waals surface area contributed by atoms with Gasteiger partial charge < -0.3 is 14.8 Å². The summed E-state index contributed by atoms with van der Waals surface area (Å²) < 4.78 is 11.9. The van der Waals surface area contributed by atoms with E-state index in [0.29, 0.717) is 22.7 Å². The third-order valence-corrected chi connectivity index (χ3v) is 5.41. The van der Waals surface area contributed by atoms with Crippen LogP contribution in [0.1, 0.15) is 10.4 Å². The van der Waals surface area contributed by atoms with Crippen molar-refractivity contribution >= 4 is 33.1 Å². The lowest BCUT2D eigenvalue weighted by atomic mass is 10.1. The molecule has 3 aromatic carbocycles. The van der Waals surface area contributed by atoms with E-state index in [0.717, 1.165) is 20.8 Å². The highest BCUT2D eigenvalue weighted by Gasteiger charge is 2.21. The van der Waals surface area contributed by atoms with Gasteiger partial charge in [0.05, 0.1) is 15.8 Å². The lowest BCUT2D eigenvalue weighted by Crippen LogP contribution is -2.12. The molecule has 0 bridgehead atoms. The van der Waals surface area contributed by atoms with E-state index < -0.39 is 0 Å². The van der Waals surface area contributed by atoms with E-state index >= 15 is 0 Å². The van der Waals surface area contributed by atoms with Crippen molar-refractivity contribution in [2.45, 2.75) is 0 Å². The van der Waals surface area contributed by atoms with Crippen LogP contribution < -0.4 is 14.8 Å². The molecule has 1 N–H and O–H groups in total. The van der Waals surface area contributed by atoms with E-state index in [9.17, 15) is 4.79 Å². The van der Waals surface area contributed by atoms with Gasteiger partial charge in [-0.25, -0.2) is 4.98 Å². The van der Waals surface area contributed by atoms with Crippen LogP contribution in [-0.4, -0.2) is 17.7 Å². The number of nitrogens with one attached hydrogen (secondary N) is 1. The number of anilines is 1. The van der Waals surface area contributed by atoms with Crippen molar-refractivity contribution in [1.82, 2.24) is 4.98 Å². The summed E-state index contributed by atoms with van der Waals surface area (Å²) in [5, 5.41) is 3.86. The number of carbonyl (C=O) groups is 1. The summed E-state index contributed by atoms with van der Waals surface area (Å²) in [6.45, 7) is 0.135. The number of hydrogen-bond acceptors (Lipinski definition) is 5. The molecule has 0 unspecified atom stereocenters. The average Bonchev–Trinajstić information content (AvgIpc) is 3.35. The Hall–Kier alpha value is -3.38. The molecule has 0 radical (unpaired) electrons. The van der Waals surface area contributed by atoms with E-state index in [1.807, 2.05) is 42.5 Å². The third kappa shape index (κ3) is 2.90. The zero-order valence-corrected chi connectivity index (χ0v) is 15.0. The molecule has 4 aromatic rings. The Morgan fingerprint density at radius 3 is 2.67 bits per heavy atom. The topological polar surface area (TPSA) is 60.5 Å². The van der Waals surface area contributed by atoms with Crippen LogP contribution in [0.15, 0.2) is 66.7 Å². The van der Waals surface area contributed by atoms with Crippen molar-refractivity contribution in [2.75, 3.05) is 12.1 Å². The van der Waals surface area contributed by atoms with Gasteiger partial charge in [-0.3, -0.25) is 4.79 Å². The first kappa shape index (κ1) is 15.8. The van der Waals surface area contributed by atoms with E-state index in [-0.39, 0.29) is 12.7 Å². The SMILES string of the molecule is O=C(Nc1ccc(-c2nc3ccccc3s2)cc1)c1cccc2c1OCO2. The van der Waals surface area contributed by atoms with Crippen molar-refractivity contribution in [3.63, 3.8) is 0 Å². The van der Waals surface area contributed by atoms with Gasteiger partial charge in [0.2, 0.25) is 6.79 Å². The van der Waals surface area contributed by atoms with Crippen LogP contribution >= 0.6 is 11.3 Å². The smallest absolute Gasteiger partial charge is 0.259 e. The molecule has 0 saturated heterocycles. The van der Waals surface area contributed by atoms with Gasteiger partial charge in [0.25, 0.3) is 5.91 Å². The Balaban J connectivity index is 1.38. The maximum Gasteiger partial charge on any atom is 0.259 e. The summed E-state index contributed by atoms with van der Waals surface area (Å²) >= 11 is 1.65. The van der Waals surface area contributed by atoms with E-state index in [1.165, 1.54) is 0 Å². The number of amides is 1. The number of ether oxygens (including phenoxy) is 2. The van der Waals surface area contributed by atoms with Crippen molar-refractivity contribution in [3.8, 4) is 22.1 Å².